The SMILES string of the molecule is COC(=O)NC(C(=O)NN(Cc1ccc(-c2ccccn2)cc1)CC(O)C(Cc1ccccc1)NC(=O)C(NC(=O)OC(C)(C)C)C(C)(C)C)C(C)(C)C. The second-order valence-electron chi connectivity index (χ2n) is 16.5. The summed E-state index contributed by atoms with van der Waals surface area (Å²) >= 11 is 0. The van der Waals surface area contributed by atoms with Gasteiger partial charge in [-0.2, -0.15) is 0 Å². The van der Waals surface area contributed by atoms with E-state index in [1.807, 2.05) is 114 Å². The molecule has 0 aliphatic heterocycles. The van der Waals surface area contributed by atoms with Gasteiger partial charge in [0.15, 0.2) is 0 Å². The highest BCUT2D eigenvalue weighted by Crippen LogP contribution is 2.23. The Labute approximate surface area is 319 Å². The van der Waals surface area contributed by atoms with Gasteiger partial charge in [0.2, 0.25) is 5.91 Å². The van der Waals surface area contributed by atoms with Crippen LogP contribution in [0.25, 0.3) is 11.3 Å². The average Bonchev–Trinajstić information content (AvgIpc) is 3.08. The molecule has 5 N–H and O–H groups in total. The van der Waals surface area contributed by atoms with Gasteiger partial charge in [0, 0.05) is 24.8 Å². The second kappa shape index (κ2) is 18.8. The number of pyridine rings is 1. The van der Waals surface area contributed by atoms with E-state index in [0.717, 1.165) is 22.4 Å². The largest absolute Gasteiger partial charge is 0.453 e. The number of aliphatic hydroxyl groups is 1. The fraction of sp³-hybridized carbons (Fsp3) is 0.488. The van der Waals surface area contributed by atoms with E-state index in [9.17, 15) is 24.3 Å². The minimum atomic E-state index is -1.23. The Bertz CT molecular complexity index is 1670. The lowest BCUT2D eigenvalue weighted by Gasteiger charge is -2.36. The van der Waals surface area contributed by atoms with E-state index in [2.05, 4.69) is 26.4 Å². The summed E-state index contributed by atoms with van der Waals surface area (Å²) in [6.45, 7) is 16.1. The van der Waals surface area contributed by atoms with Crippen molar-refractivity contribution in [3.8, 4) is 11.3 Å². The van der Waals surface area contributed by atoms with E-state index < -0.39 is 64.7 Å². The third-order valence-corrected chi connectivity index (χ3v) is 8.42. The lowest BCUT2D eigenvalue weighted by molar-refractivity contribution is -0.132. The van der Waals surface area contributed by atoms with Gasteiger partial charge in [-0.3, -0.25) is 20.0 Å². The number of carbonyl (C=O) groups excluding carboxylic acids is 4. The van der Waals surface area contributed by atoms with Gasteiger partial charge < -0.3 is 30.5 Å². The number of nitrogens with one attached hydrogen (secondary N) is 4. The zero-order chi connectivity index (χ0) is 40.3. The number of nitrogens with zero attached hydrogens (tertiary/aromatic N) is 2. The standard InChI is InChI=1S/C41H58N6O7/c1-39(2,3)33(45-38(52)54-41(7,8)9)35(49)43-31(24-27-16-12-11-13-17-27)32(48)26-47(46-36(50)34(40(4,5)6)44-37(51)53-10)25-28-19-21-29(22-20-28)30-18-14-15-23-42-30/h11-23,31-34,48H,24-26H2,1-10H3,(H,43,49)(H,44,51)(H,45,52)(H,46,50). The van der Waals surface area contributed by atoms with Crippen molar-refractivity contribution in [3.63, 3.8) is 0 Å². The lowest BCUT2D eigenvalue weighted by Crippen LogP contribution is -2.61. The molecule has 294 valence electrons. The van der Waals surface area contributed by atoms with Gasteiger partial charge in [-0.05, 0) is 61.3 Å². The van der Waals surface area contributed by atoms with Gasteiger partial charge in [-0.25, -0.2) is 14.6 Å². The molecule has 3 aromatic rings. The highest BCUT2D eigenvalue weighted by Gasteiger charge is 2.38. The fourth-order valence-corrected chi connectivity index (χ4v) is 5.63. The molecule has 54 heavy (non-hydrogen) atoms. The average molecular weight is 747 g/mol. The molecule has 0 saturated heterocycles. The summed E-state index contributed by atoms with van der Waals surface area (Å²) in [6, 6.07) is 19.8. The van der Waals surface area contributed by atoms with Crippen LogP contribution in [0.2, 0.25) is 0 Å². The summed E-state index contributed by atoms with van der Waals surface area (Å²) in [5.74, 6) is -1.03. The molecule has 0 saturated carbocycles. The highest BCUT2D eigenvalue weighted by atomic mass is 16.6. The molecule has 0 fully saturated rings. The van der Waals surface area contributed by atoms with Crippen LogP contribution in [0, 0.1) is 10.8 Å². The Morgan fingerprint density at radius 3 is 1.83 bits per heavy atom. The second-order valence-corrected chi connectivity index (χ2v) is 16.5. The molecule has 4 amide bonds. The molecule has 13 heteroatoms. The third-order valence-electron chi connectivity index (χ3n) is 8.42. The molecular weight excluding hydrogens is 688 g/mol. The summed E-state index contributed by atoms with van der Waals surface area (Å²) in [7, 11) is 1.22. The molecule has 0 bridgehead atoms. The van der Waals surface area contributed by atoms with Crippen molar-refractivity contribution >= 4 is 24.0 Å². The summed E-state index contributed by atoms with van der Waals surface area (Å²) in [6.07, 6.45) is -0.772. The summed E-state index contributed by atoms with van der Waals surface area (Å²) in [4.78, 5) is 57.4. The zero-order valence-electron chi connectivity index (χ0n) is 33.2. The summed E-state index contributed by atoms with van der Waals surface area (Å²) in [5, 5.41) is 21.8. The minimum absolute atomic E-state index is 0.125. The molecule has 1 heterocycles. The first kappa shape index (κ1) is 43.4. The first-order valence-corrected chi connectivity index (χ1v) is 18.1. The van der Waals surface area contributed by atoms with Crippen LogP contribution in [0.1, 0.15) is 73.4 Å². The van der Waals surface area contributed by atoms with Crippen LogP contribution in [0.4, 0.5) is 9.59 Å². The maximum Gasteiger partial charge on any atom is 0.408 e. The predicted molar refractivity (Wildman–Crippen MR) is 208 cm³/mol. The Kier molecular flexibility index (Phi) is 15.1. The van der Waals surface area contributed by atoms with Crippen LogP contribution in [0.3, 0.4) is 0 Å². The van der Waals surface area contributed by atoms with Crippen molar-refractivity contribution in [1.29, 1.82) is 0 Å². The maximum absolute atomic E-state index is 14.0. The van der Waals surface area contributed by atoms with Gasteiger partial charge in [0.1, 0.15) is 17.7 Å². The number of aromatic nitrogens is 1. The first-order valence-electron chi connectivity index (χ1n) is 18.1. The smallest absolute Gasteiger partial charge is 0.408 e. The molecule has 4 unspecified atom stereocenters. The number of hydrogen-bond acceptors (Lipinski definition) is 9. The van der Waals surface area contributed by atoms with Crippen LogP contribution < -0.4 is 21.4 Å². The van der Waals surface area contributed by atoms with Gasteiger partial charge in [-0.15, -0.1) is 0 Å². The van der Waals surface area contributed by atoms with Gasteiger partial charge in [0.05, 0.1) is 24.9 Å². The topological polar surface area (TPSA) is 171 Å². The molecule has 0 radical (unpaired) electrons. The molecular formula is C41H58N6O7. The number of ether oxygens (including phenoxy) is 2. The molecule has 2 aromatic carbocycles. The normalized spacial score (nSPS) is 14.2. The predicted octanol–water partition coefficient (Wildman–Crippen LogP) is 5.38. The van der Waals surface area contributed by atoms with Crippen molar-refractivity contribution in [1.82, 2.24) is 31.4 Å². The highest BCUT2D eigenvalue weighted by molar-refractivity contribution is 5.87. The number of amides is 4. The summed E-state index contributed by atoms with van der Waals surface area (Å²) < 4.78 is 10.2. The van der Waals surface area contributed by atoms with Crippen molar-refractivity contribution in [3.05, 3.63) is 90.1 Å². The van der Waals surface area contributed by atoms with Crippen LogP contribution in [-0.2, 0) is 32.0 Å². The first-order chi connectivity index (χ1) is 25.2. The number of methoxy groups -OCH3 is 1. The Balaban J connectivity index is 1.96. The molecule has 3 rings (SSSR count). The van der Waals surface area contributed by atoms with Crippen molar-refractivity contribution in [2.75, 3.05) is 13.7 Å². The van der Waals surface area contributed by atoms with Crippen molar-refractivity contribution < 1.29 is 33.8 Å². The number of aliphatic hydroxyl groups excluding tert-OH is 1. The Morgan fingerprint density at radius 2 is 1.30 bits per heavy atom. The van der Waals surface area contributed by atoms with Crippen molar-refractivity contribution in [2.45, 2.75) is 105 Å². The van der Waals surface area contributed by atoms with E-state index in [-0.39, 0.29) is 19.5 Å². The number of benzene rings is 2. The van der Waals surface area contributed by atoms with Crippen molar-refractivity contribution in [2.24, 2.45) is 10.8 Å². The van der Waals surface area contributed by atoms with Crippen LogP contribution in [0.5, 0.6) is 0 Å². The van der Waals surface area contributed by atoms with Crippen LogP contribution >= 0.6 is 0 Å². The van der Waals surface area contributed by atoms with Crippen LogP contribution in [0.15, 0.2) is 79.0 Å². The number of carbonyl (C=O) groups is 4. The number of hydrazine groups is 1. The molecule has 1 aromatic heterocycles. The van der Waals surface area contributed by atoms with Crippen LogP contribution in [-0.4, -0.2) is 82.6 Å². The Morgan fingerprint density at radius 1 is 0.722 bits per heavy atom. The van der Waals surface area contributed by atoms with E-state index in [1.54, 1.807) is 32.0 Å². The minimum Gasteiger partial charge on any atom is -0.453 e. The molecule has 0 aliphatic rings. The van der Waals surface area contributed by atoms with E-state index in [4.69, 9.17) is 9.47 Å². The Hall–Kier alpha value is -5.01. The quantitative estimate of drug-likeness (QED) is 0.136. The number of alkyl carbamates (subject to hydrolysis) is 2. The van der Waals surface area contributed by atoms with Gasteiger partial charge in [-0.1, -0.05) is 102 Å². The molecule has 0 spiro atoms. The van der Waals surface area contributed by atoms with Gasteiger partial charge in [0.25, 0.3) is 5.91 Å². The zero-order valence-corrected chi connectivity index (χ0v) is 33.2. The molecule has 4 atom stereocenters. The van der Waals surface area contributed by atoms with E-state index in [1.165, 1.54) is 7.11 Å². The third kappa shape index (κ3) is 14.1. The monoisotopic (exact) mass is 746 g/mol. The van der Waals surface area contributed by atoms with E-state index in [0.29, 0.717) is 0 Å². The maximum atomic E-state index is 14.0. The number of hydrogen-bond donors (Lipinski definition) is 5. The van der Waals surface area contributed by atoms with E-state index >= 15 is 0 Å². The molecule has 13 nitrogen and oxygen atoms in total. The van der Waals surface area contributed by atoms with Gasteiger partial charge >= 0.3 is 12.2 Å². The molecule has 0 aliphatic carbocycles. The fourth-order valence-electron chi connectivity index (χ4n) is 5.63. The number of rotatable bonds is 14. The summed E-state index contributed by atoms with van der Waals surface area (Å²) in [5.41, 5.74) is 4.08. The lowest BCUT2D eigenvalue weighted by atomic mass is 9.85.